The first kappa shape index (κ1) is 37.4. The summed E-state index contributed by atoms with van der Waals surface area (Å²) < 4.78 is 11.7. The third-order valence-corrected chi connectivity index (χ3v) is 13.1. The molecule has 2 aliphatic rings. The van der Waals surface area contributed by atoms with E-state index in [1.54, 1.807) is 14.2 Å². The molecule has 2 aromatic carbocycles. The van der Waals surface area contributed by atoms with E-state index < -0.39 is 7.92 Å². The van der Waals surface area contributed by atoms with Gasteiger partial charge in [0.05, 0.1) is 14.2 Å². The molecule has 0 bridgehead atoms. The van der Waals surface area contributed by atoms with Crippen LogP contribution in [0.2, 0.25) is 0 Å². The van der Waals surface area contributed by atoms with E-state index >= 15 is 0 Å². The van der Waals surface area contributed by atoms with Gasteiger partial charge in [0.1, 0.15) is 11.5 Å². The fraction of sp³-hybridized carbons (Fsp3) is 0.562. The van der Waals surface area contributed by atoms with E-state index in [1.165, 1.54) is 55.6 Å². The summed E-state index contributed by atoms with van der Waals surface area (Å²) in [5.41, 5.74) is 1.37. The summed E-state index contributed by atoms with van der Waals surface area (Å²) in [7, 11) is 7.38. The van der Waals surface area contributed by atoms with E-state index in [1.807, 2.05) is 0 Å². The summed E-state index contributed by atoms with van der Waals surface area (Å²) in [6, 6.07) is 17.9. The van der Waals surface area contributed by atoms with E-state index in [0.29, 0.717) is 11.7 Å². The Bertz CT molecular complexity index is 851. The quantitative estimate of drug-likeness (QED) is 0.175. The van der Waals surface area contributed by atoms with Crippen LogP contribution in [0.1, 0.15) is 51.9 Å². The average Bonchev–Trinajstić information content (AvgIpc) is 3.58. The number of hydrogen-bond donors (Lipinski definition) is 0. The van der Waals surface area contributed by atoms with E-state index in [-0.39, 0.29) is 39.8 Å². The van der Waals surface area contributed by atoms with E-state index in [4.69, 9.17) is 9.47 Å². The number of benzene rings is 2. The van der Waals surface area contributed by atoms with Crippen LogP contribution >= 0.6 is 15.8 Å². The number of rotatable bonds is 8. The van der Waals surface area contributed by atoms with Crippen LogP contribution in [-0.4, -0.2) is 63.9 Å². The molecule has 0 amide bonds. The second kappa shape index (κ2) is 18.7. The summed E-state index contributed by atoms with van der Waals surface area (Å²) in [6.45, 7) is 7.37. The van der Waals surface area contributed by atoms with Gasteiger partial charge in [-0.15, -0.1) is 7.92 Å². The summed E-state index contributed by atoms with van der Waals surface area (Å²) in [5, 5.41) is 2.70. The number of hydrogen-bond acceptors (Lipinski definition) is 3. The SMILES string of the molecule is C1CCCC1.COc1ccccc1P(c1ccccc1OC)C1CCC([C@@H](C)N(C)C)C1P(C)C.[CH3-].[CH3-].[Fe+2]. The molecule has 3 unspecified atom stereocenters. The van der Waals surface area contributed by atoms with Crippen LogP contribution < -0.4 is 20.1 Å². The van der Waals surface area contributed by atoms with Gasteiger partial charge in [-0.2, -0.15) is 0 Å². The van der Waals surface area contributed by atoms with Crippen LogP contribution in [0, 0.1) is 20.8 Å². The molecule has 4 atom stereocenters. The van der Waals surface area contributed by atoms with Crippen molar-refractivity contribution in [3.63, 3.8) is 0 Å². The number of ether oxygens (including phenoxy) is 2. The van der Waals surface area contributed by atoms with Gasteiger partial charge in [0.2, 0.25) is 0 Å². The molecule has 2 aliphatic carbocycles. The monoisotopic (exact) mass is 601 g/mol. The normalized spacial score (nSPS) is 21.1. The maximum absolute atomic E-state index is 5.86. The number of nitrogens with zero attached hydrogens (tertiary/aromatic N) is 1. The smallest absolute Gasteiger partial charge is 0.496 e. The number of para-hydroxylation sites is 2. The molecule has 0 aliphatic heterocycles. The Morgan fingerprint density at radius 2 is 1.18 bits per heavy atom. The Balaban J connectivity index is 0.00000154. The number of methoxy groups -OCH3 is 2. The van der Waals surface area contributed by atoms with Gasteiger partial charge < -0.3 is 29.2 Å². The van der Waals surface area contributed by atoms with Crippen LogP contribution in [0.15, 0.2) is 48.5 Å². The third-order valence-electron chi connectivity index (χ3n) is 7.93. The van der Waals surface area contributed by atoms with Gasteiger partial charge in [-0.25, -0.2) is 0 Å². The van der Waals surface area contributed by atoms with Gasteiger partial charge in [-0.3, -0.25) is 0 Å². The Morgan fingerprint density at radius 3 is 1.55 bits per heavy atom. The van der Waals surface area contributed by atoms with Gasteiger partial charge in [-0.05, 0) is 84.5 Å². The Labute approximate surface area is 248 Å². The van der Waals surface area contributed by atoms with Crippen molar-refractivity contribution < 1.29 is 26.5 Å². The molecule has 0 saturated heterocycles. The minimum atomic E-state index is -0.600. The standard InChI is InChI=1S/C25H37NO2P2.C5H10.2CH3.Fe/c1-18(26(2)3)19-16-17-24(25(19)29(6)7)30(22-14-10-8-12-20(22)27-4)23-15-11-9-13-21(23)28-5;1-2-4-5-3-1;;;/h8-15,18-19,24-25H,16-17H2,1-7H3;1-5H2;2*1H3;/q;;2*-1;+2/t18-,19?,24?,25?;;;;/m1..../s1. The Hall–Kier alpha value is -0.621. The fourth-order valence-corrected chi connectivity index (χ4v) is 12.3. The molecule has 0 spiro atoms. The van der Waals surface area contributed by atoms with Crippen molar-refractivity contribution >= 4 is 26.5 Å². The molecule has 2 aromatic rings. The van der Waals surface area contributed by atoms with Crippen molar-refractivity contribution in [1.29, 1.82) is 0 Å². The van der Waals surface area contributed by atoms with Crippen molar-refractivity contribution in [2.45, 2.75) is 69.2 Å². The molecular weight excluding hydrogens is 548 g/mol. The predicted octanol–water partition coefficient (Wildman–Crippen LogP) is 7.82. The summed E-state index contributed by atoms with van der Waals surface area (Å²) in [5.74, 6) is 2.75. The summed E-state index contributed by atoms with van der Waals surface area (Å²) in [4.78, 5) is 2.41. The van der Waals surface area contributed by atoms with E-state index in [2.05, 4.69) is 87.8 Å². The molecule has 2 fully saturated rings. The van der Waals surface area contributed by atoms with Crippen molar-refractivity contribution in [2.24, 2.45) is 5.92 Å². The zero-order valence-corrected chi connectivity index (χ0v) is 28.3. The third kappa shape index (κ3) is 9.21. The molecular formula is C32H53FeNO2P2. The second-order valence-corrected chi connectivity index (χ2v) is 15.3. The van der Waals surface area contributed by atoms with Crippen LogP contribution in [0.3, 0.4) is 0 Å². The maximum atomic E-state index is 5.86. The minimum Gasteiger partial charge on any atom is -0.496 e. The molecule has 0 N–H and O–H groups in total. The van der Waals surface area contributed by atoms with Crippen molar-refractivity contribution in [1.82, 2.24) is 4.90 Å². The molecule has 2 saturated carbocycles. The first-order chi connectivity index (χ1) is 16.9. The van der Waals surface area contributed by atoms with Crippen molar-refractivity contribution in [3.8, 4) is 11.5 Å². The van der Waals surface area contributed by atoms with Crippen LogP contribution in [-0.2, 0) is 17.1 Å². The molecule has 6 heteroatoms. The van der Waals surface area contributed by atoms with Crippen LogP contribution in [0.25, 0.3) is 0 Å². The van der Waals surface area contributed by atoms with Gasteiger partial charge >= 0.3 is 17.1 Å². The topological polar surface area (TPSA) is 21.7 Å². The maximum Gasteiger partial charge on any atom is 2.00 e. The molecule has 0 aromatic heterocycles. The Morgan fingerprint density at radius 1 is 0.763 bits per heavy atom. The zero-order valence-electron chi connectivity index (χ0n) is 25.4. The van der Waals surface area contributed by atoms with Gasteiger partial charge in [0.15, 0.2) is 0 Å². The van der Waals surface area contributed by atoms with Gasteiger partial charge in [-0.1, -0.05) is 68.5 Å². The summed E-state index contributed by atoms with van der Waals surface area (Å²) in [6.07, 6.45) is 10.1. The largest absolute Gasteiger partial charge is 2.00 e. The molecule has 4 rings (SSSR count). The van der Waals surface area contributed by atoms with Crippen molar-refractivity contribution in [2.75, 3.05) is 41.6 Å². The van der Waals surface area contributed by atoms with Crippen molar-refractivity contribution in [3.05, 3.63) is 63.4 Å². The van der Waals surface area contributed by atoms with E-state index in [0.717, 1.165) is 23.1 Å². The molecule has 216 valence electrons. The van der Waals surface area contributed by atoms with Crippen LogP contribution in [0.5, 0.6) is 11.5 Å². The molecule has 0 radical (unpaired) electrons. The molecule has 3 nitrogen and oxygen atoms in total. The average molecular weight is 602 g/mol. The van der Waals surface area contributed by atoms with E-state index in [9.17, 15) is 0 Å². The first-order valence-electron chi connectivity index (χ1n) is 13.3. The summed E-state index contributed by atoms with van der Waals surface area (Å²) >= 11 is 0. The zero-order chi connectivity index (χ0) is 25.4. The van der Waals surface area contributed by atoms with Gasteiger partial charge in [0.25, 0.3) is 0 Å². The second-order valence-electron chi connectivity index (χ2n) is 10.4. The van der Waals surface area contributed by atoms with Gasteiger partial charge in [0, 0.05) is 16.7 Å². The molecule has 38 heavy (non-hydrogen) atoms. The Kier molecular flexibility index (Phi) is 18.4. The predicted molar refractivity (Wildman–Crippen MR) is 170 cm³/mol. The molecule has 0 heterocycles. The fourth-order valence-electron chi connectivity index (χ4n) is 5.94. The first-order valence-corrected chi connectivity index (χ1v) is 17.0. The van der Waals surface area contributed by atoms with Crippen LogP contribution in [0.4, 0.5) is 0 Å². The minimum absolute atomic E-state index is 0.